The Hall–Kier alpha value is -1.83. The Morgan fingerprint density at radius 3 is 1.58 bits per heavy atom. The molecule has 0 heterocycles. The number of halogens is 1. The Labute approximate surface area is 151 Å². The largest absolute Gasteiger partial charge is 0.135 e. The van der Waals surface area contributed by atoms with Crippen LogP contribution in [0.5, 0.6) is 0 Å². The van der Waals surface area contributed by atoms with Gasteiger partial charge in [0, 0.05) is 5.02 Å². The molecule has 0 fully saturated rings. The summed E-state index contributed by atoms with van der Waals surface area (Å²) in [5.74, 6) is 0. The highest BCUT2D eigenvalue weighted by Gasteiger charge is 2.24. The summed E-state index contributed by atoms with van der Waals surface area (Å²) in [5.41, 5.74) is 5.35. The van der Waals surface area contributed by atoms with Crippen LogP contribution in [0.3, 0.4) is 0 Å². The van der Waals surface area contributed by atoms with E-state index in [4.69, 9.17) is 11.6 Å². The summed E-state index contributed by atoms with van der Waals surface area (Å²) in [5, 5.41) is 5.11. The molecule has 0 radical (unpaired) electrons. The van der Waals surface area contributed by atoms with Gasteiger partial charge in [0.05, 0.1) is 0 Å². The maximum Gasteiger partial charge on any atom is 0.135 e. The first kappa shape index (κ1) is 17.0. The van der Waals surface area contributed by atoms with Crippen LogP contribution >= 0.6 is 11.6 Å². The van der Waals surface area contributed by atoms with Gasteiger partial charge in [-0.25, -0.2) is 0 Å². The van der Waals surface area contributed by atoms with Gasteiger partial charge in [0.15, 0.2) is 0 Å². The predicted molar refractivity (Wildman–Crippen MR) is 109 cm³/mol. The highest BCUT2D eigenvalue weighted by Crippen LogP contribution is 2.11. The van der Waals surface area contributed by atoms with Crippen molar-refractivity contribution in [3.8, 4) is 0 Å². The zero-order valence-corrected chi connectivity index (χ0v) is 16.6. The van der Waals surface area contributed by atoms with Crippen LogP contribution < -0.4 is 15.6 Å². The van der Waals surface area contributed by atoms with Gasteiger partial charge in [-0.1, -0.05) is 88.5 Å². The summed E-state index contributed by atoms with van der Waals surface area (Å²) in [6.07, 6.45) is 0. The molecule has 0 saturated carbocycles. The number of aryl methyl sites for hydroxylation is 4. The molecule has 0 N–H and O–H groups in total. The first-order chi connectivity index (χ1) is 11.5. The van der Waals surface area contributed by atoms with Gasteiger partial charge in [0.25, 0.3) is 0 Å². The van der Waals surface area contributed by atoms with Crippen LogP contribution in [0.4, 0.5) is 0 Å². The van der Waals surface area contributed by atoms with E-state index in [1.807, 2.05) is 12.1 Å². The highest BCUT2D eigenvalue weighted by molar-refractivity contribution is 6.97. The van der Waals surface area contributed by atoms with E-state index < -0.39 is 8.80 Å². The van der Waals surface area contributed by atoms with Gasteiger partial charge in [-0.15, -0.1) is 0 Å². The first-order valence-corrected chi connectivity index (χ1v) is 10.5. The van der Waals surface area contributed by atoms with Crippen molar-refractivity contribution in [3.05, 3.63) is 87.9 Å². The number of hydrogen-bond acceptors (Lipinski definition) is 0. The van der Waals surface area contributed by atoms with Crippen molar-refractivity contribution in [3.63, 3.8) is 0 Å². The second-order valence-electron chi connectivity index (χ2n) is 6.67. The molecule has 122 valence electrons. The summed E-state index contributed by atoms with van der Waals surface area (Å²) in [4.78, 5) is 0. The molecule has 0 nitrogen and oxygen atoms in total. The van der Waals surface area contributed by atoms with Crippen LogP contribution in [-0.2, 0) is 0 Å². The number of hydrogen-bond donors (Lipinski definition) is 0. The minimum Gasteiger partial charge on any atom is -0.0845 e. The molecule has 0 aliphatic heterocycles. The molecule has 0 atom stereocenters. The zero-order chi connectivity index (χ0) is 17.3. The van der Waals surface area contributed by atoms with Crippen molar-refractivity contribution in [1.82, 2.24) is 0 Å². The zero-order valence-electron chi connectivity index (χ0n) is 14.7. The van der Waals surface area contributed by atoms with Gasteiger partial charge in [-0.05, 0) is 49.3 Å². The van der Waals surface area contributed by atoms with E-state index in [9.17, 15) is 0 Å². The van der Waals surface area contributed by atoms with E-state index in [-0.39, 0.29) is 0 Å². The standard InChI is InChI=1S/C22H23ClSi/c1-15-9-11-20(17(3)13-15)24(22-8-6-5-7-19(22)23)21-12-10-16(2)14-18(21)4/h5-14,24H,1-4H3. The Morgan fingerprint density at radius 1 is 0.625 bits per heavy atom. The molecule has 3 aromatic carbocycles. The molecule has 3 aromatic rings. The normalized spacial score (nSPS) is 11.1. The van der Waals surface area contributed by atoms with Gasteiger partial charge in [0.2, 0.25) is 0 Å². The first-order valence-electron chi connectivity index (χ1n) is 8.36. The van der Waals surface area contributed by atoms with E-state index >= 15 is 0 Å². The molecular weight excluding hydrogens is 328 g/mol. The van der Waals surface area contributed by atoms with Crippen LogP contribution in [0, 0.1) is 27.7 Å². The van der Waals surface area contributed by atoms with Crippen molar-refractivity contribution >= 4 is 36.0 Å². The van der Waals surface area contributed by atoms with Crippen molar-refractivity contribution in [2.24, 2.45) is 0 Å². The van der Waals surface area contributed by atoms with Gasteiger partial charge >= 0.3 is 0 Å². The topological polar surface area (TPSA) is 0 Å². The summed E-state index contributed by atoms with van der Waals surface area (Å²) in [7, 11) is -1.60. The molecule has 0 unspecified atom stereocenters. The molecule has 2 heteroatoms. The molecule has 24 heavy (non-hydrogen) atoms. The van der Waals surface area contributed by atoms with Crippen molar-refractivity contribution in [1.29, 1.82) is 0 Å². The quantitative estimate of drug-likeness (QED) is 0.497. The maximum absolute atomic E-state index is 6.62. The molecule has 0 aliphatic rings. The molecule has 0 aromatic heterocycles. The average Bonchev–Trinajstić information content (AvgIpc) is 2.52. The minimum atomic E-state index is -1.60. The molecule has 3 rings (SSSR count). The molecule has 0 aliphatic carbocycles. The smallest absolute Gasteiger partial charge is 0.0845 e. The molecule has 0 bridgehead atoms. The van der Waals surface area contributed by atoms with Gasteiger partial charge < -0.3 is 0 Å². The van der Waals surface area contributed by atoms with Crippen LogP contribution in [0.15, 0.2) is 60.7 Å². The Balaban J connectivity index is 2.27. The Bertz CT molecular complexity index is 831. The fourth-order valence-corrected chi connectivity index (χ4v) is 7.31. The summed E-state index contributed by atoms with van der Waals surface area (Å²) >= 11 is 6.62. The number of rotatable bonds is 3. The van der Waals surface area contributed by atoms with Gasteiger partial charge in [-0.3, -0.25) is 0 Å². The molecule has 0 amide bonds. The Kier molecular flexibility index (Phi) is 4.93. The monoisotopic (exact) mass is 350 g/mol. The lowest BCUT2D eigenvalue weighted by Crippen LogP contribution is -2.54. The molecular formula is C22H23ClSi. The van der Waals surface area contributed by atoms with E-state index in [0.717, 1.165) is 5.02 Å². The van der Waals surface area contributed by atoms with E-state index in [0.29, 0.717) is 0 Å². The fraction of sp³-hybridized carbons (Fsp3) is 0.182. The second-order valence-corrected chi connectivity index (χ2v) is 9.81. The van der Waals surface area contributed by atoms with E-state index in [2.05, 4.69) is 76.2 Å². The van der Waals surface area contributed by atoms with Crippen LogP contribution in [0.25, 0.3) is 0 Å². The lowest BCUT2D eigenvalue weighted by atomic mass is 10.1. The third-order valence-corrected chi connectivity index (χ3v) is 8.88. The maximum atomic E-state index is 6.62. The summed E-state index contributed by atoms with van der Waals surface area (Å²) < 4.78 is 0. The van der Waals surface area contributed by atoms with Gasteiger partial charge in [0.1, 0.15) is 8.80 Å². The SMILES string of the molecule is Cc1ccc([SiH](c2ccc(C)cc2C)c2ccccc2Cl)c(C)c1. The van der Waals surface area contributed by atoms with Gasteiger partial charge in [-0.2, -0.15) is 0 Å². The number of benzene rings is 3. The van der Waals surface area contributed by atoms with Crippen molar-refractivity contribution in [2.45, 2.75) is 27.7 Å². The van der Waals surface area contributed by atoms with E-state index in [1.165, 1.54) is 37.8 Å². The summed E-state index contributed by atoms with van der Waals surface area (Å²) in [6.45, 7) is 8.76. The highest BCUT2D eigenvalue weighted by atomic mass is 35.5. The van der Waals surface area contributed by atoms with Crippen molar-refractivity contribution in [2.75, 3.05) is 0 Å². The lowest BCUT2D eigenvalue weighted by molar-refractivity contribution is 1.40. The van der Waals surface area contributed by atoms with Crippen LogP contribution in [0.1, 0.15) is 22.3 Å². The fourth-order valence-electron chi connectivity index (χ4n) is 3.51. The summed E-state index contributed by atoms with van der Waals surface area (Å²) in [6, 6.07) is 22.0. The third-order valence-electron chi connectivity index (χ3n) is 4.69. The average molecular weight is 351 g/mol. The Morgan fingerprint density at radius 2 is 1.12 bits per heavy atom. The van der Waals surface area contributed by atoms with Crippen molar-refractivity contribution < 1.29 is 0 Å². The third kappa shape index (κ3) is 3.33. The second kappa shape index (κ2) is 6.96. The lowest BCUT2D eigenvalue weighted by Gasteiger charge is -2.22. The van der Waals surface area contributed by atoms with Crippen LogP contribution in [0.2, 0.25) is 5.02 Å². The van der Waals surface area contributed by atoms with E-state index in [1.54, 1.807) is 0 Å². The molecule has 0 saturated heterocycles. The predicted octanol–water partition coefficient (Wildman–Crippen LogP) is 3.82. The van der Waals surface area contributed by atoms with Crippen LogP contribution in [-0.4, -0.2) is 8.80 Å². The minimum absolute atomic E-state index is 0.883. The molecule has 0 spiro atoms.